The zero-order valence-corrected chi connectivity index (χ0v) is 44.0. The van der Waals surface area contributed by atoms with Crippen LogP contribution in [-0.2, 0) is 0 Å². The van der Waals surface area contributed by atoms with E-state index in [4.69, 9.17) is 0 Å². The fourth-order valence-electron chi connectivity index (χ4n) is 13.7. The maximum atomic E-state index is 4.06. The van der Waals surface area contributed by atoms with Crippen LogP contribution in [0.1, 0.15) is 32.1 Å². The highest BCUT2D eigenvalue weighted by atomic mass is 15.5. The van der Waals surface area contributed by atoms with Gasteiger partial charge in [-0.15, -0.1) is 0 Å². The first-order chi connectivity index (χ1) is 38.7. The van der Waals surface area contributed by atoms with E-state index in [2.05, 4.69) is 276 Å². The van der Waals surface area contributed by atoms with Crippen LogP contribution in [0, 0.1) is 0 Å². The molecule has 8 aromatic rings. The number of hydrogen-bond donors (Lipinski definition) is 10. The van der Waals surface area contributed by atoms with Gasteiger partial charge in [-0.25, -0.2) is 0 Å². The topological polar surface area (TPSA) is 141 Å². The van der Waals surface area contributed by atoms with Crippen molar-refractivity contribution in [3.05, 3.63) is 194 Å². The second-order valence-electron chi connectivity index (χ2n) is 21.5. The van der Waals surface area contributed by atoms with Gasteiger partial charge in [-0.3, -0.25) is 53.2 Å². The summed E-state index contributed by atoms with van der Waals surface area (Å²) in [7, 11) is 0. The minimum Gasteiger partial charge on any atom is -0.340 e. The lowest BCUT2D eigenvalue weighted by Gasteiger charge is -2.54. The average Bonchev–Trinajstić information content (AvgIpc) is 4.05. The van der Waals surface area contributed by atoms with E-state index in [1.165, 1.54) is 50.2 Å². The van der Waals surface area contributed by atoms with Crippen molar-refractivity contribution in [1.29, 1.82) is 0 Å². The molecule has 10 atom stereocenters. The Morgan fingerprint density at radius 3 is 0.808 bits per heavy atom. The standard InChI is InChI=1S/C62H72N16/c1-6-18-43(19-7-1)73-51-29-17-16-28-49(51)50-32-48(30-31-52(50)73)78-61-36-59(69-41-71-61)76(46-24-12-4-13-25-46)57-34-55(65-39-67-57)74(44-20-8-2-9-21-44)53-33-54(64-38-63-53)75(45-22-10-3-11-23-45)56-35-58(68-40-66-56)77(47-26-14-5-15-27-47)60-37-62(78)72-42-70-60/h1-32,53-72H,33-42H2. The molecule has 78 heavy (non-hydrogen) atoms. The van der Waals surface area contributed by atoms with Crippen LogP contribution in [-0.4, -0.2) is 99.6 Å². The van der Waals surface area contributed by atoms with Crippen LogP contribution < -0.4 is 77.7 Å². The first-order valence-electron chi connectivity index (χ1n) is 28.2. The quantitative estimate of drug-likeness (QED) is 0.0876. The molecular formula is C62H72N16. The molecule has 10 unspecified atom stereocenters. The van der Waals surface area contributed by atoms with E-state index in [1.54, 1.807) is 0 Å². The summed E-state index contributed by atoms with van der Waals surface area (Å²) in [5.74, 6) is 0. The fourth-order valence-corrected chi connectivity index (χ4v) is 13.7. The normalized spacial score (nSPS) is 28.1. The largest absolute Gasteiger partial charge is 0.340 e. The van der Waals surface area contributed by atoms with Crippen LogP contribution in [0.5, 0.6) is 0 Å². The molecule has 10 N–H and O–H groups in total. The van der Waals surface area contributed by atoms with Crippen molar-refractivity contribution in [2.45, 2.75) is 93.8 Å². The van der Waals surface area contributed by atoms with Crippen LogP contribution in [0.15, 0.2) is 194 Å². The Morgan fingerprint density at radius 2 is 0.487 bits per heavy atom. The Labute approximate surface area is 457 Å². The van der Waals surface area contributed by atoms with Crippen molar-refractivity contribution < 1.29 is 0 Å². The molecule has 0 saturated carbocycles. The molecule has 10 bridgehead atoms. The lowest BCUT2D eigenvalue weighted by atomic mass is 10.0. The maximum Gasteiger partial charge on any atom is 0.0854 e. The van der Waals surface area contributed by atoms with E-state index in [0.717, 1.165) is 37.8 Å². The van der Waals surface area contributed by atoms with Crippen LogP contribution >= 0.6 is 0 Å². The molecule has 7 heterocycles. The third-order valence-corrected chi connectivity index (χ3v) is 17.2. The zero-order chi connectivity index (χ0) is 51.8. The molecule has 6 saturated heterocycles. The molecule has 7 aromatic carbocycles. The summed E-state index contributed by atoms with van der Waals surface area (Å²) in [6.45, 7) is 3.25. The van der Waals surface area contributed by atoms with Crippen molar-refractivity contribution in [2.24, 2.45) is 0 Å². The highest BCUT2D eigenvalue weighted by molar-refractivity contribution is 6.10. The van der Waals surface area contributed by atoms with Crippen molar-refractivity contribution in [3.8, 4) is 5.69 Å². The Bertz CT molecular complexity index is 3110. The first-order valence-corrected chi connectivity index (χ1v) is 28.2. The molecule has 0 radical (unpaired) electrons. The number of rotatable bonds is 6. The number of nitrogens with zero attached hydrogens (tertiary/aromatic N) is 6. The minimum atomic E-state index is -0.0515. The summed E-state index contributed by atoms with van der Waals surface area (Å²) in [6.07, 6.45) is 3.99. The van der Waals surface area contributed by atoms with E-state index >= 15 is 0 Å². The maximum absolute atomic E-state index is 4.06. The number of para-hydroxylation sites is 6. The van der Waals surface area contributed by atoms with Gasteiger partial charge in [-0.1, -0.05) is 109 Å². The van der Waals surface area contributed by atoms with Crippen LogP contribution in [0.2, 0.25) is 0 Å². The van der Waals surface area contributed by atoms with Gasteiger partial charge in [-0.2, -0.15) is 0 Å². The van der Waals surface area contributed by atoms with Crippen LogP contribution in [0.3, 0.4) is 0 Å². The highest BCUT2D eigenvalue weighted by Crippen LogP contribution is 2.39. The number of aromatic nitrogens is 1. The molecule has 6 aliphatic rings. The molecule has 0 aliphatic carbocycles. The molecule has 400 valence electrons. The first kappa shape index (κ1) is 49.2. The van der Waals surface area contributed by atoms with E-state index in [0.29, 0.717) is 33.3 Å². The molecule has 6 aliphatic heterocycles. The predicted molar refractivity (Wildman–Crippen MR) is 316 cm³/mol. The number of anilines is 5. The van der Waals surface area contributed by atoms with Gasteiger partial charge < -0.3 is 29.1 Å². The molecule has 0 spiro atoms. The predicted octanol–water partition coefficient (Wildman–Crippen LogP) is 6.59. The number of nitrogens with one attached hydrogen (secondary N) is 10. The molecule has 16 heteroatoms. The second-order valence-corrected chi connectivity index (χ2v) is 21.5. The molecule has 1 aromatic heterocycles. The molecule has 6 fully saturated rings. The number of fused-ring (bicyclic) bond motifs is 13. The second kappa shape index (κ2) is 22.0. The van der Waals surface area contributed by atoms with Gasteiger partial charge in [0.2, 0.25) is 0 Å². The number of hydrogen-bond acceptors (Lipinski definition) is 15. The van der Waals surface area contributed by atoms with Gasteiger partial charge in [0.15, 0.2) is 0 Å². The Kier molecular flexibility index (Phi) is 13.9. The van der Waals surface area contributed by atoms with Crippen LogP contribution in [0.25, 0.3) is 27.5 Å². The van der Waals surface area contributed by atoms with Crippen molar-refractivity contribution >= 4 is 50.2 Å². The van der Waals surface area contributed by atoms with Gasteiger partial charge >= 0.3 is 0 Å². The molecule has 16 nitrogen and oxygen atoms in total. The molecular weight excluding hydrogens is 969 g/mol. The molecule has 14 rings (SSSR count). The van der Waals surface area contributed by atoms with Gasteiger partial charge in [0.25, 0.3) is 0 Å². The molecule has 0 amide bonds. The summed E-state index contributed by atoms with van der Waals surface area (Å²) in [5, 5.41) is 42.6. The lowest BCUT2D eigenvalue weighted by molar-refractivity contribution is 0.188. The SMILES string of the molecule is c1ccc(N2C3CC(NCN3)N(c3ccccc3)C3CC(NCN3)N(c3ccccc3)C3CC(NCN3)N(c3ccc4c(c3)c3ccccc3n4-c3ccccc3)C3CC(NCN3)N(c3ccccc3)C3CC2NCN3)cc1. The summed E-state index contributed by atoms with van der Waals surface area (Å²) >= 11 is 0. The van der Waals surface area contributed by atoms with Gasteiger partial charge in [0.1, 0.15) is 0 Å². The van der Waals surface area contributed by atoms with Crippen molar-refractivity contribution in [3.63, 3.8) is 0 Å². The van der Waals surface area contributed by atoms with E-state index in [-0.39, 0.29) is 61.7 Å². The summed E-state index contributed by atoms with van der Waals surface area (Å²) in [6, 6.07) is 71.1. The smallest absolute Gasteiger partial charge is 0.0854 e. The van der Waals surface area contributed by atoms with Crippen LogP contribution in [0.4, 0.5) is 28.4 Å². The summed E-state index contributed by atoms with van der Waals surface area (Å²) in [4.78, 5) is 13.2. The van der Waals surface area contributed by atoms with Crippen molar-refractivity contribution in [2.75, 3.05) is 57.8 Å². The number of benzene rings is 7. The van der Waals surface area contributed by atoms with E-state index in [9.17, 15) is 0 Å². The lowest BCUT2D eigenvalue weighted by Crippen LogP contribution is -2.74. The van der Waals surface area contributed by atoms with Gasteiger partial charge in [0, 0.05) is 110 Å². The van der Waals surface area contributed by atoms with Gasteiger partial charge in [0.05, 0.1) is 72.7 Å². The third-order valence-electron chi connectivity index (χ3n) is 17.2. The highest BCUT2D eigenvalue weighted by Gasteiger charge is 2.44. The Balaban J connectivity index is 0.923. The van der Waals surface area contributed by atoms with Crippen molar-refractivity contribution in [1.82, 2.24) is 57.7 Å². The van der Waals surface area contributed by atoms with E-state index in [1.807, 2.05) is 0 Å². The monoisotopic (exact) mass is 1040 g/mol. The fraction of sp³-hybridized carbons (Fsp3) is 0.323. The Morgan fingerprint density at radius 1 is 0.231 bits per heavy atom. The Hall–Kier alpha value is -7.06. The average molecular weight is 1040 g/mol. The van der Waals surface area contributed by atoms with Gasteiger partial charge in [-0.05, 0) is 84.9 Å². The van der Waals surface area contributed by atoms with E-state index < -0.39 is 0 Å². The summed E-state index contributed by atoms with van der Waals surface area (Å²) in [5.41, 5.74) is 9.49. The third kappa shape index (κ3) is 9.51. The minimum absolute atomic E-state index is 0.00403. The zero-order valence-electron chi connectivity index (χ0n) is 44.0. The summed E-state index contributed by atoms with van der Waals surface area (Å²) < 4.78 is 2.42.